The van der Waals surface area contributed by atoms with E-state index in [0.29, 0.717) is 5.13 Å². The number of hydrogen-bond acceptors (Lipinski definition) is 5. The standard InChI is InChI=1S/C10H13N3O4S/c1-6-5-11-10(18-6)13-9(17)12-7(14)3-2-4-8(15)16/h5H,2-4H2,1H3,(H,15,16)(H2,11,12,13,14,17). The maximum absolute atomic E-state index is 11.3. The van der Waals surface area contributed by atoms with Crippen molar-refractivity contribution in [3.63, 3.8) is 0 Å². The summed E-state index contributed by atoms with van der Waals surface area (Å²) < 4.78 is 0. The summed E-state index contributed by atoms with van der Waals surface area (Å²) in [6.45, 7) is 1.85. The van der Waals surface area contributed by atoms with E-state index in [-0.39, 0.29) is 19.3 Å². The summed E-state index contributed by atoms with van der Waals surface area (Å²) in [5, 5.41) is 13.3. The molecule has 18 heavy (non-hydrogen) atoms. The van der Waals surface area contributed by atoms with E-state index >= 15 is 0 Å². The number of carbonyl (C=O) groups is 3. The summed E-state index contributed by atoms with van der Waals surface area (Å²) >= 11 is 1.29. The average Bonchev–Trinajstić information content (AvgIpc) is 2.62. The highest BCUT2D eigenvalue weighted by atomic mass is 32.1. The van der Waals surface area contributed by atoms with Gasteiger partial charge in [0.1, 0.15) is 0 Å². The van der Waals surface area contributed by atoms with Gasteiger partial charge < -0.3 is 5.11 Å². The highest BCUT2D eigenvalue weighted by molar-refractivity contribution is 7.15. The molecular formula is C10H13N3O4S. The fourth-order valence-corrected chi connectivity index (χ4v) is 1.79. The van der Waals surface area contributed by atoms with Crippen molar-refractivity contribution in [2.75, 3.05) is 5.32 Å². The first-order valence-electron chi connectivity index (χ1n) is 5.22. The Morgan fingerprint density at radius 2 is 2.11 bits per heavy atom. The van der Waals surface area contributed by atoms with E-state index in [9.17, 15) is 14.4 Å². The third kappa shape index (κ3) is 5.39. The van der Waals surface area contributed by atoms with Crippen LogP contribution in [0.25, 0.3) is 0 Å². The van der Waals surface area contributed by atoms with Crippen molar-refractivity contribution in [3.8, 4) is 0 Å². The van der Waals surface area contributed by atoms with Crippen LogP contribution in [0.5, 0.6) is 0 Å². The summed E-state index contributed by atoms with van der Waals surface area (Å²) in [7, 11) is 0. The molecule has 3 amide bonds. The van der Waals surface area contributed by atoms with Crippen LogP contribution in [0, 0.1) is 6.92 Å². The summed E-state index contributed by atoms with van der Waals surface area (Å²) in [6.07, 6.45) is 1.71. The zero-order chi connectivity index (χ0) is 13.5. The molecule has 0 aliphatic carbocycles. The fraction of sp³-hybridized carbons (Fsp3) is 0.400. The number of hydrogen-bond donors (Lipinski definition) is 3. The van der Waals surface area contributed by atoms with Gasteiger partial charge in [-0.1, -0.05) is 0 Å². The molecule has 7 nitrogen and oxygen atoms in total. The van der Waals surface area contributed by atoms with Crippen molar-refractivity contribution in [2.24, 2.45) is 0 Å². The Morgan fingerprint density at radius 3 is 2.67 bits per heavy atom. The lowest BCUT2D eigenvalue weighted by molar-refractivity contribution is -0.137. The molecule has 0 saturated heterocycles. The molecule has 8 heteroatoms. The highest BCUT2D eigenvalue weighted by Gasteiger charge is 2.10. The molecule has 0 bridgehead atoms. The minimum absolute atomic E-state index is 0.00336. The molecular weight excluding hydrogens is 258 g/mol. The molecule has 0 radical (unpaired) electrons. The maximum Gasteiger partial charge on any atom is 0.327 e. The Morgan fingerprint density at radius 1 is 1.39 bits per heavy atom. The Bertz CT molecular complexity index is 458. The minimum Gasteiger partial charge on any atom is -0.481 e. The number of rotatable bonds is 5. The number of carboxylic acid groups (broad SMARTS) is 1. The normalized spacial score (nSPS) is 9.83. The van der Waals surface area contributed by atoms with Crippen LogP contribution in [0.3, 0.4) is 0 Å². The molecule has 1 rings (SSSR count). The maximum atomic E-state index is 11.3. The lowest BCUT2D eigenvalue weighted by Crippen LogP contribution is -2.34. The zero-order valence-electron chi connectivity index (χ0n) is 9.73. The molecule has 0 fully saturated rings. The summed E-state index contributed by atoms with van der Waals surface area (Å²) in [4.78, 5) is 37.7. The van der Waals surface area contributed by atoms with Crippen LogP contribution in [-0.2, 0) is 9.59 Å². The Balaban J connectivity index is 2.27. The first-order valence-corrected chi connectivity index (χ1v) is 6.04. The first-order chi connectivity index (χ1) is 8.47. The number of anilines is 1. The van der Waals surface area contributed by atoms with E-state index in [0.717, 1.165) is 4.88 Å². The number of thiazole rings is 1. The third-order valence-electron chi connectivity index (χ3n) is 1.89. The predicted molar refractivity (Wildman–Crippen MR) is 65.5 cm³/mol. The summed E-state index contributed by atoms with van der Waals surface area (Å²) in [6, 6.07) is -0.662. The topological polar surface area (TPSA) is 108 Å². The van der Waals surface area contributed by atoms with Gasteiger partial charge in [0.05, 0.1) is 0 Å². The molecule has 0 saturated carbocycles. The third-order valence-corrected chi connectivity index (χ3v) is 2.72. The van der Waals surface area contributed by atoms with Crippen molar-refractivity contribution in [2.45, 2.75) is 26.2 Å². The number of imide groups is 1. The number of carboxylic acids is 1. The van der Waals surface area contributed by atoms with Gasteiger partial charge in [-0.2, -0.15) is 0 Å². The van der Waals surface area contributed by atoms with Gasteiger partial charge in [-0.15, -0.1) is 11.3 Å². The smallest absolute Gasteiger partial charge is 0.327 e. The molecule has 0 spiro atoms. The Hall–Kier alpha value is -1.96. The molecule has 0 atom stereocenters. The van der Waals surface area contributed by atoms with Crippen molar-refractivity contribution >= 4 is 34.4 Å². The molecule has 1 aromatic rings. The first kappa shape index (κ1) is 14.1. The Kier molecular flexibility index (Phi) is 5.25. The van der Waals surface area contributed by atoms with Gasteiger partial charge in [0.15, 0.2) is 5.13 Å². The van der Waals surface area contributed by atoms with Crippen LogP contribution in [-0.4, -0.2) is 28.0 Å². The van der Waals surface area contributed by atoms with E-state index < -0.39 is 17.9 Å². The molecule has 1 heterocycles. The number of amides is 3. The van der Waals surface area contributed by atoms with Gasteiger partial charge in [-0.25, -0.2) is 9.78 Å². The van der Waals surface area contributed by atoms with Crippen LogP contribution in [0.1, 0.15) is 24.1 Å². The van der Waals surface area contributed by atoms with Gasteiger partial charge in [0, 0.05) is 23.9 Å². The van der Waals surface area contributed by atoms with Crippen molar-refractivity contribution in [1.82, 2.24) is 10.3 Å². The average molecular weight is 271 g/mol. The number of urea groups is 1. The van der Waals surface area contributed by atoms with Crippen LogP contribution in [0.4, 0.5) is 9.93 Å². The van der Waals surface area contributed by atoms with E-state index in [2.05, 4.69) is 15.6 Å². The number of carbonyl (C=O) groups excluding carboxylic acids is 2. The number of aromatic nitrogens is 1. The number of aryl methyl sites for hydroxylation is 1. The van der Waals surface area contributed by atoms with Crippen LogP contribution in [0.2, 0.25) is 0 Å². The second kappa shape index (κ2) is 6.70. The van der Waals surface area contributed by atoms with Crippen LogP contribution < -0.4 is 10.6 Å². The van der Waals surface area contributed by atoms with Gasteiger partial charge >= 0.3 is 12.0 Å². The predicted octanol–water partition coefficient (Wildman–Crippen LogP) is 1.35. The molecule has 0 aliphatic heterocycles. The highest BCUT2D eigenvalue weighted by Crippen LogP contribution is 2.15. The summed E-state index contributed by atoms with van der Waals surface area (Å²) in [5.41, 5.74) is 0. The van der Waals surface area contributed by atoms with E-state index in [1.165, 1.54) is 11.3 Å². The van der Waals surface area contributed by atoms with Gasteiger partial charge in [-0.3, -0.25) is 20.2 Å². The molecule has 0 aliphatic rings. The van der Waals surface area contributed by atoms with Gasteiger partial charge in [0.2, 0.25) is 5.91 Å². The van der Waals surface area contributed by atoms with Crippen molar-refractivity contribution in [3.05, 3.63) is 11.1 Å². The lowest BCUT2D eigenvalue weighted by atomic mass is 10.2. The largest absolute Gasteiger partial charge is 0.481 e. The van der Waals surface area contributed by atoms with Crippen molar-refractivity contribution in [1.29, 1.82) is 0 Å². The molecule has 1 aromatic heterocycles. The number of aliphatic carboxylic acids is 1. The summed E-state index contributed by atoms with van der Waals surface area (Å²) in [5.74, 6) is -1.48. The molecule has 3 N–H and O–H groups in total. The fourth-order valence-electron chi connectivity index (χ4n) is 1.13. The molecule has 98 valence electrons. The molecule has 0 unspecified atom stereocenters. The van der Waals surface area contributed by atoms with Crippen molar-refractivity contribution < 1.29 is 19.5 Å². The van der Waals surface area contributed by atoms with E-state index in [4.69, 9.17) is 5.11 Å². The number of nitrogens with one attached hydrogen (secondary N) is 2. The van der Waals surface area contributed by atoms with Gasteiger partial charge in [-0.05, 0) is 13.3 Å². The molecule has 0 aromatic carbocycles. The van der Waals surface area contributed by atoms with Crippen LogP contribution >= 0.6 is 11.3 Å². The second-order valence-electron chi connectivity index (χ2n) is 3.53. The van der Waals surface area contributed by atoms with Crippen LogP contribution in [0.15, 0.2) is 6.20 Å². The zero-order valence-corrected chi connectivity index (χ0v) is 10.5. The lowest BCUT2D eigenvalue weighted by Gasteiger charge is -2.03. The minimum atomic E-state index is -0.967. The Labute approximate surface area is 107 Å². The SMILES string of the molecule is Cc1cnc(NC(=O)NC(=O)CCCC(=O)O)s1. The second-order valence-corrected chi connectivity index (χ2v) is 4.76. The van der Waals surface area contributed by atoms with Gasteiger partial charge in [0.25, 0.3) is 0 Å². The quantitative estimate of drug-likeness (QED) is 0.749. The van der Waals surface area contributed by atoms with E-state index in [1.54, 1.807) is 6.20 Å². The monoisotopic (exact) mass is 271 g/mol. The van der Waals surface area contributed by atoms with E-state index in [1.807, 2.05) is 6.92 Å². The number of nitrogens with zero attached hydrogens (tertiary/aromatic N) is 1.